The first-order chi connectivity index (χ1) is 9.72. The van der Waals surface area contributed by atoms with Crippen molar-refractivity contribution in [1.29, 1.82) is 0 Å². The van der Waals surface area contributed by atoms with E-state index in [2.05, 4.69) is 26.0 Å². The molecule has 1 N–H and O–H groups in total. The van der Waals surface area contributed by atoms with Crippen LogP contribution in [0.25, 0.3) is 10.8 Å². The summed E-state index contributed by atoms with van der Waals surface area (Å²) in [5, 5.41) is 17.0. The smallest absolute Gasteiger partial charge is 0.139 e. The Bertz CT molecular complexity index is 748. The van der Waals surface area contributed by atoms with Gasteiger partial charge in [0, 0.05) is 18.1 Å². The third-order valence-corrected chi connectivity index (χ3v) is 3.97. The maximum atomic E-state index is 10.7. The van der Waals surface area contributed by atoms with Crippen molar-refractivity contribution in [3.8, 4) is 0 Å². The lowest BCUT2D eigenvalue weighted by molar-refractivity contribution is 0.204. The van der Waals surface area contributed by atoms with Crippen molar-refractivity contribution in [2.45, 2.75) is 19.6 Å². The summed E-state index contributed by atoms with van der Waals surface area (Å²) in [6.07, 6.45) is 2.62. The first kappa shape index (κ1) is 13.3. The zero-order chi connectivity index (χ0) is 14.1. The fraction of sp³-hybridized carbons (Fsp3) is 0.200. The van der Waals surface area contributed by atoms with Gasteiger partial charge in [0.05, 0.1) is 22.1 Å². The number of aliphatic hydroxyl groups is 1. The number of aliphatic hydroxyl groups excluding tert-OH is 1. The largest absolute Gasteiger partial charge is 0.380 e. The summed E-state index contributed by atoms with van der Waals surface area (Å²) in [6.45, 7) is 2.69. The molecule has 1 atom stereocenters. The van der Waals surface area contributed by atoms with E-state index in [1.54, 1.807) is 17.1 Å². The van der Waals surface area contributed by atoms with E-state index >= 15 is 0 Å². The number of benzene rings is 1. The average molecular weight is 332 g/mol. The number of fused-ring (bicyclic) bond motifs is 1. The molecule has 0 fully saturated rings. The highest BCUT2D eigenvalue weighted by atomic mass is 79.9. The number of pyridine rings is 1. The molecule has 2 aromatic heterocycles. The van der Waals surface area contributed by atoms with Crippen LogP contribution in [0.5, 0.6) is 0 Å². The van der Waals surface area contributed by atoms with Crippen molar-refractivity contribution in [2.75, 3.05) is 0 Å². The molecule has 0 aliphatic carbocycles. The lowest BCUT2D eigenvalue weighted by atomic mass is 10.0. The predicted molar refractivity (Wildman–Crippen MR) is 81.4 cm³/mol. The highest BCUT2D eigenvalue weighted by Crippen LogP contribution is 2.31. The number of rotatable bonds is 3. The summed E-state index contributed by atoms with van der Waals surface area (Å²) in [6, 6.07) is 9.86. The standard InChI is InChI=1S/C15H14BrN3O/c1-2-19-14(12(16)9-18-19)15(20)13-11-6-4-3-5-10(11)7-8-17-13/h3-9,15,20H,2H2,1H3. The molecule has 0 bridgehead atoms. The molecule has 102 valence electrons. The minimum atomic E-state index is -0.807. The molecule has 0 spiro atoms. The Morgan fingerprint density at radius 1 is 1.30 bits per heavy atom. The van der Waals surface area contributed by atoms with Crippen LogP contribution in [0.2, 0.25) is 0 Å². The van der Waals surface area contributed by atoms with E-state index in [-0.39, 0.29) is 0 Å². The second-order valence-electron chi connectivity index (χ2n) is 4.51. The molecule has 0 aliphatic heterocycles. The maximum absolute atomic E-state index is 10.7. The summed E-state index contributed by atoms with van der Waals surface area (Å²) in [7, 11) is 0. The first-order valence-electron chi connectivity index (χ1n) is 6.45. The second-order valence-corrected chi connectivity index (χ2v) is 5.37. The molecular formula is C15H14BrN3O. The normalized spacial score (nSPS) is 12.8. The second kappa shape index (κ2) is 5.34. The zero-order valence-electron chi connectivity index (χ0n) is 11.0. The molecule has 4 nitrogen and oxygen atoms in total. The van der Waals surface area contributed by atoms with Gasteiger partial charge in [0.1, 0.15) is 6.10 Å². The summed E-state index contributed by atoms with van der Waals surface area (Å²) >= 11 is 3.45. The van der Waals surface area contributed by atoms with Gasteiger partial charge in [-0.15, -0.1) is 0 Å². The topological polar surface area (TPSA) is 50.9 Å². The molecule has 0 radical (unpaired) electrons. The Balaban J connectivity index is 2.17. The van der Waals surface area contributed by atoms with Gasteiger partial charge in [0.2, 0.25) is 0 Å². The molecule has 0 saturated heterocycles. The minimum absolute atomic E-state index is 0.652. The van der Waals surface area contributed by atoms with E-state index in [9.17, 15) is 5.11 Å². The van der Waals surface area contributed by atoms with Crippen LogP contribution in [0.1, 0.15) is 24.4 Å². The number of nitrogens with zero attached hydrogens (tertiary/aromatic N) is 3. The monoisotopic (exact) mass is 331 g/mol. The van der Waals surface area contributed by atoms with E-state index < -0.39 is 6.10 Å². The van der Waals surface area contributed by atoms with Gasteiger partial charge in [-0.05, 0) is 34.3 Å². The third-order valence-electron chi connectivity index (χ3n) is 3.36. The van der Waals surface area contributed by atoms with Crippen LogP contribution >= 0.6 is 15.9 Å². The molecule has 2 heterocycles. The van der Waals surface area contributed by atoms with Crippen molar-refractivity contribution < 1.29 is 5.11 Å². The quantitative estimate of drug-likeness (QED) is 0.801. The van der Waals surface area contributed by atoms with Crippen LogP contribution in [-0.4, -0.2) is 19.9 Å². The van der Waals surface area contributed by atoms with Gasteiger partial charge in [-0.2, -0.15) is 5.10 Å². The maximum Gasteiger partial charge on any atom is 0.139 e. The van der Waals surface area contributed by atoms with E-state index in [0.717, 1.165) is 20.9 Å². The molecule has 3 rings (SSSR count). The van der Waals surface area contributed by atoms with Crippen LogP contribution in [0.4, 0.5) is 0 Å². The Hall–Kier alpha value is -1.72. The fourth-order valence-electron chi connectivity index (χ4n) is 2.39. The molecule has 0 aliphatic rings. The third kappa shape index (κ3) is 2.13. The van der Waals surface area contributed by atoms with Gasteiger partial charge in [0.25, 0.3) is 0 Å². The molecule has 1 aromatic carbocycles. The average Bonchev–Trinajstić information content (AvgIpc) is 2.87. The Kier molecular flexibility index (Phi) is 3.54. The van der Waals surface area contributed by atoms with Gasteiger partial charge in [-0.1, -0.05) is 24.3 Å². The fourth-order valence-corrected chi connectivity index (χ4v) is 2.90. The van der Waals surface area contributed by atoms with E-state index in [1.165, 1.54) is 0 Å². The summed E-state index contributed by atoms with van der Waals surface area (Å²) < 4.78 is 2.57. The lowest BCUT2D eigenvalue weighted by Crippen LogP contribution is -2.11. The number of hydrogen-bond donors (Lipinski definition) is 1. The highest BCUT2D eigenvalue weighted by molar-refractivity contribution is 9.10. The van der Waals surface area contributed by atoms with Gasteiger partial charge in [0.15, 0.2) is 0 Å². The number of aryl methyl sites for hydroxylation is 1. The SMILES string of the molecule is CCn1ncc(Br)c1C(O)c1nccc2ccccc12. The summed E-state index contributed by atoms with van der Waals surface area (Å²) in [4.78, 5) is 4.37. The van der Waals surface area contributed by atoms with E-state index in [0.29, 0.717) is 12.2 Å². The van der Waals surface area contributed by atoms with Gasteiger partial charge in [-0.3, -0.25) is 9.67 Å². The van der Waals surface area contributed by atoms with Gasteiger partial charge >= 0.3 is 0 Å². The molecular weight excluding hydrogens is 318 g/mol. The number of aromatic nitrogens is 3. The Labute approximate surface area is 125 Å². The molecule has 5 heteroatoms. The van der Waals surface area contributed by atoms with Crippen LogP contribution in [0, 0.1) is 0 Å². The summed E-state index contributed by atoms with van der Waals surface area (Å²) in [5.74, 6) is 0. The Morgan fingerprint density at radius 3 is 2.90 bits per heavy atom. The van der Waals surface area contributed by atoms with Crippen molar-refractivity contribution in [1.82, 2.24) is 14.8 Å². The Morgan fingerprint density at radius 2 is 2.10 bits per heavy atom. The number of halogens is 1. The molecule has 20 heavy (non-hydrogen) atoms. The summed E-state index contributed by atoms with van der Waals surface area (Å²) in [5.41, 5.74) is 1.38. The van der Waals surface area contributed by atoms with Crippen LogP contribution in [0.15, 0.2) is 47.2 Å². The van der Waals surface area contributed by atoms with Crippen LogP contribution in [0.3, 0.4) is 0 Å². The van der Waals surface area contributed by atoms with Crippen molar-refractivity contribution >= 4 is 26.7 Å². The van der Waals surface area contributed by atoms with Gasteiger partial charge in [-0.25, -0.2) is 0 Å². The molecule has 3 aromatic rings. The number of hydrogen-bond acceptors (Lipinski definition) is 3. The van der Waals surface area contributed by atoms with Gasteiger partial charge < -0.3 is 5.11 Å². The minimum Gasteiger partial charge on any atom is -0.380 e. The van der Waals surface area contributed by atoms with Crippen molar-refractivity contribution in [2.24, 2.45) is 0 Å². The predicted octanol–water partition coefficient (Wildman–Crippen LogP) is 3.30. The van der Waals surface area contributed by atoms with E-state index in [4.69, 9.17) is 0 Å². The first-order valence-corrected chi connectivity index (χ1v) is 7.24. The molecule has 1 unspecified atom stereocenters. The lowest BCUT2D eigenvalue weighted by Gasteiger charge is -2.14. The van der Waals surface area contributed by atoms with Crippen LogP contribution < -0.4 is 0 Å². The van der Waals surface area contributed by atoms with E-state index in [1.807, 2.05) is 37.3 Å². The van der Waals surface area contributed by atoms with Crippen molar-refractivity contribution in [3.63, 3.8) is 0 Å². The molecule has 0 amide bonds. The highest BCUT2D eigenvalue weighted by Gasteiger charge is 2.21. The van der Waals surface area contributed by atoms with Crippen molar-refractivity contribution in [3.05, 3.63) is 58.6 Å². The zero-order valence-corrected chi connectivity index (χ0v) is 12.6. The van der Waals surface area contributed by atoms with Crippen LogP contribution in [-0.2, 0) is 6.54 Å². The molecule has 0 saturated carbocycles.